The van der Waals surface area contributed by atoms with Crippen molar-refractivity contribution >= 4 is 10.0 Å². The zero-order valence-electron chi connectivity index (χ0n) is 10.8. The first kappa shape index (κ1) is 16.1. The summed E-state index contributed by atoms with van der Waals surface area (Å²) in [7, 11) is -2.12. The maximum Gasteiger partial charge on any atom is 0.257 e. The molecule has 0 aliphatic heterocycles. The molecule has 0 atom stereocenters. The van der Waals surface area contributed by atoms with E-state index in [4.69, 9.17) is 19.3 Å². The second-order valence-electron chi connectivity index (χ2n) is 3.71. The highest BCUT2D eigenvalue weighted by Crippen LogP contribution is 2.01. The first-order valence-corrected chi connectivity index (χ1v) is 7.27. The Kier molecular flexibility index (Phi) is 6.95. The molecule has 1 heterocycles. The number of aromatic nitrogens is 2. The van der Waals surface area contributed by atoms with E-state index in [0.717, 1.165) is 0 Å². The zero-order chi connectivity index (χ0) is 14.1. The Morgan fingerprint density at radius 1 is 1.21 bits per heavy atom. The van der Waals surface area contributed by atoms with Crippen LogP contribution in [0.2, 0.25) is 0 Å². The van der Waals surface area contributed by atoms with Gasteiger partial charge in [-0.15, -0.1) is 0 Å². The van der Waals surface area contributed by atoms with Gasteiger partial charge >= 0.3 is 0 Å². The maximum atomic E-state index is 11.0. The van der Waals surface area contributed by atoms with Crippen molar-refractivity contribution in [2.24, 2.45) is 5.14 Å². The highest BCUT2D eigenvalue weighted by Gasteiger charge is 2.10. The van der Waals surface area contributed by atoms with Gasteiger partial charge in [-0.05, 0) is 0 Å². The molecule has 0 unspecified atom stereocenters. The summed E-state index contributed by atoms with van der Waals surface area (Å²) in [6.07, 6.45) is 2.77. The monoisotopic (exact) mass is 293 g/mol. The third-order valence-electron chi connectivity index (χ3n) is 2.20. The molecule has 1 aromatic heterocycles. The predicted octanol–water partition coefficient (Wildman–Crippen LogP) is -0.790. The largest absolute Gasteiger partial charge is 0.382 e. The van der Waals surface area contributed by atoms with Crippen molar-refractivity contribution in [3.05, 3.63) is 12.5 Å². The van der Waals surface area contributed by atoms with Crippen LogP contribution in [0.15, 0.2) is 17.6 Å². The zero-order valence-corrected chi connectivity index (χ0v) is 11.6. The summed E-state index contributed by atoms with van der Waals surface area (Å²) in [4.78, 5) is 3.69. The van der Waals surface area contributed by atoms with Crippen molar-refractivity contribution in [1.29, 1.82) is 0 Å². The molecule has 0 saturated carbocycles. The van der Waals surface area contributed by atoms with Crippen LogP contribution >= 0.6 is 0 Å². The minimum atomic E-state index is -3.73. The normalized spacial score (nSPS) is 11.9. The van der Waals surface area contributed by atoms with Crippen molar-refractivity contribution in [2.45, 2.75) is 11.6 Å². The molecular formula is C10H19N3O5S. The van der Waals surface area contributed by atoms with E-state index >= 15 is 0 Å². The Labute approximate surface area is 112 Å². The Balaban J connectivity index is 2.11. The van der Waals surface area contributed by atoms with Gasteiger partial charge in [0, 0.05) is 19.9 Å². The summed E-state index contributed by atoms with van der Waals surface area (Å²) in [6.45, 7) is 3.01. The molecule has 8 nitrogen and oxygen atoms in total. The molecule has 0 amide bonds. The van der Waals surface area contributed by atoms with Crippen LogP contribution in [0.4, 0.5) is 0 Å². The fourth-order valence-electron chi connectivity index (χ4n) is 1.24. The van der Waals surface area contributed by atoms with Gasteiger partial charge in [0.15, 0.2) is 5.03 Å². The molecule has 0 fully saturated rings. The van der Waals surface area contributed by atoms with Gasteiger partial charge in [0.2, 0.25) is 0 Å². The molecule has 1 aromatic rings. The van der Waals surface area contributed by atoms with Crippen molar-refractivity contribution in [3.8, 4) is 0 Å². The molecule has 1 rings (SSSR count). The van der Waals surface area contributed by atoms with Gasteiger partial charge in [0.25, 0.3) is 10.0 Å². The highest BCUT2D eigenvalue weighted by atomic mass is 32.2. The van der Waals surface area contributed by atoms with Crippen LogP contribution in [0.5, 0.6) is 0 Å². The highest BCUT2D eigenvalue weighted by molar-refractivity contribution is 7.89. The van der Waals surface area contributed by atoms with E-state index in [1.165, 1.54) is 12.5 Å². The number of ether oxygens (including phenoxy) is 3. The van der Waals surface area contributed by atoms with Gasteiger partial charge in [-0.25, -0.2) is 18.5 Å². The lowest BCUT2D eigenvalue weighted by Gasteiger charge is -2.05. The van der Waals surface area contributed by atoms with E-state index < -0.39 is 10.0 Å². The van der Waals surface area contributed by atoms with Gasteiger partial charge in [-0.2, -0.15) is 0 Å². The van der Waals surface area contributed by atoms with Crippen LogP contribution in [-0.2, 0) is 30.8 Å². The van der Waals surface area contributed by atoms with Gasteiger partial charge in [0.05, 0.1) is 39.4 Å². The first-order valence-electron chi connectivity index (χ1n) is 5.73. The van der Waals surface area contributed by atoms with E-state index in [-0.39, 0.29) is 5.03 Å². The molecule has 0 bridgehead atoms. The fraction of sp³-hybridized carbons (Fsp3) is 0.700. The Morgan fingerprint density at radius 3 is 2.42 bits per heavy atom. The number of rotatable bonds is 10. The lowest BCUT2D eigenvalue weighted by atomic mass is 10.6. The smallest absolute Gasteiger partial charge is 0.257 e. The first-order chi connectivity index (χ1) is 9.04. The number of hydrogen-bond donors (Lipinski definition) is 1. The number of imidazole rings is 1. The van der Waals surface area contributed by atoms with Gasteiger partial charge < -0.3 is 18.8 Å². The number of methoxy groups -OCH3 is 1. The number of hydrogen-bond acceptors (Lipinski definition) is 6. The maximum absolute atomic E-state index is 11.0. The minimum absolute atomic E-state index is 0.143. The van der Waals surface area contributed by atoms with Crippen LogP contribution in [-0.4, -0.2) is 58.1 Å². The molecule has 110 valence electrons. The summed E-state index contributed by atoms with van der Waals surface area (Å²) in [5, 5.41) is 4.80. The Hall–Kier alpha value is -1.00. The Morgan fingerprint density at radius 2 is 1.84 bits per heavy atom. The van der Waals surface area contributed by atoms with Crippen LogP contribution in [0, 0.1) is 0 Å². The van der Waals surface area contributed by atoms with E-state index in [2.05, 4.69) is 4.98 Å². The molecular weight excluding hydrogens is 274 g/mol. The molecule has 0 aliphatic rings. The molecule has 0 aliphatic carbocycles. The third-order valence-corrected chi connectivity index (χ3v) is 2.99. The molecule has 2 N–H and O–H groups in total. The summed E-state index contributed by atoms with van der Waals surface area (Å²) in [5.41, 5.74) is 0. The van der Waals surface area contributed by atoms with Crippen LogP contribution in [0.25, 0.3) is 0 Å². The van der Waals surface area contributed by atoms with Crippen LogP contribution < -0.4 is 5.14 Å². The fourth-order valence-corrected chi connectivity index (χ4v) is 1.72. The third kappa shape index (κ3) is 6.64. The van der Waals surface area contributed by atoms with E-state index in [9.17, 15) is 8.42 Å². The summed E-state index contributed by atoms with van der Waals surface area (Å²) >= 11 is 0. The molecule has 0 radical (unpaired) electrons. The second kappa shape index (κ2) is 8.23. The van der Waals surface area contributed by atoms with E-state index in [0.29, 0.717) is 39.6 Å². The van der Waals surface area contributed by atoms with Gasteiger partial charge in [0.1, 0.15) is 0 Å². The second-order valence-corrected chi connectivity index (χ2v) is 5.22. The van der Waals surface area contributed by atoms with Crippen LogP contribution in [0.1, 0.15) is 0 Å². The summed E-state index contributed by atoms with van der Waals surface area (Å²) in [5.74, 6) is 0. The average molecular weight is 293 g/mol. The topological polar surface area (TPSA) is 106 Å². The standard InChI is InChI=1S/C10H19N3O5S/c1-16-4-5-18-7-6-17-3-2-13-8-10(12-9-13)19(11,14)15/h8-9H,2-7H2,1H3,(H2,11,14,15). The molecule has 19 heavy (non-hydrogen) atoms. The van der Waals surface area contributed by atoms with Gasteiger partial charge in [-0.1, -0.05) is 0 Å². The van der Waals surface area contributed by atoms with Crippen molar-refractivity contribution in [3.63, 3.8) is 0 Å². The minimum Gasteiger partial charge on any atom is -0.382 e. The molecule has 0 aromatic carbocycles. The summed E-state index contributed by atoms with van der Waals surface area (Å²) < 4.78 is 38.9. The molecule has 0 spiro atoms. The summed E-state index contributed by atoms with van der Waals surface area (Å²) in [6, 6.07) is 0. The number of nitrogens with two attached hydrogens (primary N) is 1. The van der Waals surface area contributed by atoms with E-state index in [1.54, 1.807) is 11.7 Å². The van der Waals surface area contributed by atoms with E-state index in [1.807, 2.05) is 0 Å². The average Bonchev–Trinajstić information content (AvgIpc) is 2.81. The van der Waals surface area contributed by atoms with Crippen LogP contribution in [0.3, 0.4) is 0 Å². The van der Waals surface area contributed by atoms with Crippen molar-refractivity contribution in [2.75, 3.05) is 40.1 Å². The lowest BCUT2D eigenvalue weighted by molar-refractivity contribution is 0.0230. The number of primary sulfonamides is 1. The number of nitrogens with zero attached hydrogens (tertiary/aromatic N) is 2. The van der Waals surface area contributed by atoms with Gasteiger partial charge in [-0.3, -0.25) is 0 Å². The lowest BCUT2D eigenvalue weighted by Crippen LogP contribution is -2.13. The Bertz CT molecular complexity index is 459. The predicted molar refractivity (Wildman–Crippen MR) is 67.1 cm³/mol. The van der Waals surface area contributed by atoms with Crippen molar-refractivity contribution < 1.29 is 22.6 Å². The SMILES string of the molecule is COCCOCCOCCn1cnc(S(N)(=O)=O)c1. The number of sulfonamides is 1. The van der Waals surface area contributed by atoms with Crippen molar-refractivity contribution in [1.82, 2.24) is 9.55 Å². The molecule has 9 heteroatoms. The molecule has 0 saturated heterocycles. The quantitative estimate of drug-likeness (QED) is 0.567.